The molecule has 1 aliphatic heterocycles. The van der Waals surface area contributed by atoms with Gasteiger partial charge in [-0.25, -0.2) is 18.2 Å². The summed E-state index contributed by atoms with van der Waals surface area (Å²) in [5.41, 5.74) is -0.410. The highest BCUT2D eigenvalue weighted by Gasteiger charge is 2.57. The van der Waals surface area contributed by atoms with Crippen molar-refractivity contribution in [2.45, 2.75) is 63.0 Å². The molecule has 4 N–H and O–H groups in total. The van der Waals surface area contributed by atoms with E-state index in [0.717, 1.165) is 0 Å². The topological polar surface area (TPSA) is 161 Å². The number of likely N-dealkylation sites (N-methyl/N-ethyl adjacent to an activating group) is 1. The van der Waals surface area contributed by atoms with Crippen LogP contribution in [-0.4, -0.2) is 71.0 Å². The van der Waals surface area contributed by atoms with Crippen LogP contribution in [-0.2, 0) is 24.4 Å². The number of rotatable bonds is 5. The van der Waals surface area contributed by atoms with Crippen LogP contribution in [0.1, 0.15) is 51.8 Å². The Kier molecular flexibility index (Phi) is 5.25. The Morgan fingerprint density at radius 2 is 2.00 bits per heavy atom. The minimum absolute atomic E-state index is 0.0339. The molecular weight excluding hydrogens is 400 g/mol. The summed E-state index contributed by atoms with van der Waals surface area (Å²) in [7, 11) is -2.38. The lowest BCUT2D eigenvalue weighted by Gasteiger charge is -2.34. The van der Waals surface area contributed by atoms with Crippen LogP contribution in [0.15, 0.2) is 6.20 Å². The molecule has 0 spiro atoms. The number of amides is 2. The monoisotopic (exact) mass is 428 g/mol. The second-order valence-electron chi connectivity index (χ2n) is 8.90. The summed E-state index contributed by atoms with van der Waals surface area (Å²) in [6.07, 6.45) is 1.52. The lowest BCUT2D eigenvalue weighted by molar-refractivity contribution is -0.144. The lowest BCUT2D eigenvalue weighted by Crippen LogP contribution is -2.49. The van der Waals surface area contributed by atoms with Gasteiger partial charge in [0.25, 0.3) is 0 Å². The van der Waals surface area contributed by atoms with E-state index in [0.29, 0.717) is 12.8 Å². The van der Waals surface area contributed by atoms with Crippen LogP contribution in [0.4, 0.5) is 0 Å². The van der Waals surface area contributed by atoms with E-state index in [-0.39, 0.29) is 30.5 Å². The van der Waals surface area contributed by atoms with E-state index in [1.165, 1.54) is 22.8 Å². The molecule has 162 valence electrons. The minimum atomic E-state index is -3.86. The number of nitrogens with one attached hydrogen (secondary N) is 1. The Hall–Kier alpha value is -2.05. The minimum Gasteiger partial charge on any atom is -0.391 e. The van der Waals surface area contributed by atoms with E-state index >= 15 is 0 Å². The molecule has 11 nitrogen and oxygen atoms in total. The van der Waals surface area contributed by atoms with Crippen molar-refractivity contribution >= 4 is 21.8 Å². The van der Waals surface area contributed by atoms with Crippen LogP contribution in [0.2, 0.25) is 0 Å². The van der Waals surface area contributed by atoms with Crippen LogP contribution in [0.3, 0.4) is 0 Å². The van der Waals surface area contributed by atoms with Crippen molar-refractivity contribution < 1.29 is 23.1 Å². The number of aliphatic hydroxyl groups is 1. The summed E-state index contributed by atoms with van der Waals surface area (Å²) in [5.74, 6) is -0.743. The zero-order valence-corrected chi connectivity index (χ0v) is 17.8. The highest BCUT2D eigenvalue weighted by Crippen LogP contribution is 2.50. The number of carbonyl (C=O) groups is 2. The first-order valence-electron chi connectivity index (χ1n) is 9.46. The largest absolute Gasteiger partial charge is 0.391 e. The maximum Gasteiger partial charge on any atom is 0.248 e. The van der Waals surface area contributed by atoms with Gasteiger partial charge in [0, 0.05) is 20.0 Å². The van der Waals surface area contributed by atoms with Gasteiger partial charge < -0.3 is 15.3 Å². The maximum absolute atomic E-state index is 13.4. The molecule has 1 aromatic heterocycles. The Balaban J connectivity index is 1.96. The van der Waals surface area contributed by atoms with Crippen molar-refractivity contribution in [3.05, 3.63) is 11.9 Å². The number of likely N-dealkylation sites (tertiary alicyclic amines) is 1. The molecule has 3 rings (SSSR count). The zero-order chi connectivity index (χ0) is 21.8. The molecule has 0 bridgehead atoms. The van der Waals surface area contributed by atoms with Gasteiger partial charge in [0.05, 0.1) is 12.3 Å². The molecule has 29 heavy (non-hydrogen) atoms. The average Bonchev–Trinajstić information content (AvgIpc) is 3.14. The van der Waals surface area contributed by atoms with Gasteiger partial charge in [-0.15, -0.1) is 5.10 Å². The fraction of sp³-hybridized carbons (Fsp3) is 0.765. The number of hydrogen-bond acceptors (Lipinski definition) is 7. The first kappa shape index (κ1) is 21.7. The number of aliphatic hydroxyl groups excluding tert-OH is 1. The number of nitrogens with zero attached hydrogens (tertiary/aromatic N) is 4. The van der Waals surface area contributed by atoms with E-state index in [2.05, 4.69) is 15.6 Å². The van der Waals surface area contributed by atoms with Crippen molar-refractivity contribution in [3.63, 3.8) is 0 Å². The molecule has 0 aromatic carbocycles. The van der Waals surface area contributed by atoms with Gasteiger partial charge in [-0.3, -0.25) is 9.59 Å². The molecular formula is C17H28N6O5S. The zero-order valence-electron chi connectivity index (χ0n) is 17.0. The first-order chi connectivity index (χ1) is 13.3. The second kappa shape index (κ2) is 7.03. The Labute approximate surface area is 169 Å². The molecule has 2 aliphatic rings. The van der Waals surface area contributed by atoms with E-state index in [1.54, 1.807) is 0 Å². The SMILES string of the molecule is CNC(=O)[C@H]1CC(O)CN1C(=O)C(n1cc(C2(S(N)(=O)=O)CC2)nn1)C(C)(C)C. The standard InChI is InChI=1S/C17H28N6O5S/c1-16(2,3)13(15(26)22-8-10(24)7-11(22)14(25)19-4)23-9-12(20-21-23)17(5-6-17)29(18,27)28/h9-11,13,24H,5-8H2,1-4H3,(H,19,25)(H2,18,27,28)/t10?,11-,13?/m1/s1. The quantitative estimate of drug-likeness (QED) is 0.533. The second-order valence-corrected chi connectivity index (χ2v) is 10.8. The van der Waals surface area contributed by atoms with Crippen LogP contribution in [0, 0.1) is 5.41 Å². The fourth-order valence-electron chi connectivity index (χ4n) is 3.92. The number of sulfonamides is 1. The van der Waals surface area contributed by atoms with Crippen molar-refractivity contribution in [2.24, 2.45) is 10.6 Å². The third-order valence-corrected chi connectivity index (χ3v) is 7.36. The predicted molar refractivity (Wildman–Crippen MR) is 103 cm³/mol. The summed E-state index contributed by atoms with van der Waals surface area (Å²) in [4.78, 5) is 27.0. The molecule has 2 heterocycles. The molecule has 12 heteroatoms. The summed E-state index contributed by atoms with van der Waals surface area (Å²) in [6.45, 7) is 5.55. The van der Waals surface area contributed by atoms with Crippen LogP contribution >= 0.6 is 0 Å². The summed E-state index contributed by atoms with van der Waals surface area (Å²) in [6, 6.07) is -1.63. The highest BCUT2D eigenvalue weighted by molar-refractivity contribution is 7.90. The van der Waals surface area contributed by atoms with Crippen LogP contribution in [0.5, 0.6) is 0 Å². The smallest absolute Gasteiger partial charge is 0.248 e. The third kappa shape index (κ3) is 3.76. The van der Waals surface area contributed by atoms with E-state index in [9.17, 15) is 23.1 Å². The number of primary sulfonamides is 1. The molecule has 1 aromatic rings. The van der Waals surface area contributed by atoms with Gasteiger partial charge in [0.1, 0.15) is 22.5 Å². The van der Waals surface area contributed by atoms with Crippen molar-refractivity contribution in [1.29, 1.82) is 0 Å². The van der Waals surface area contributed by atoms with Gasteiger partial charge >= 0.3 is 0 Å². The van der Waals surface area contributed by atoms with Gasteiger partial charge in [-0.2, -0.15) is 0 Å². The molecule has 3 atom stereocenters. The lowest BCUT2D eigenvalue weighted by atomic mass is 9.85. The third-order valence-electron chi connectivity index (χ3n) is 5.66. The van der Waals surface area contributed by atoms with Crippen molar-refractivity contribution in [3.8, 4) is 0 Å². The summed E-state index contributed by atoms with van der Waals surface area (Å²) >= 11 is 0. The average molecular weight is 429 g/mol. The number of hydrogen-bond donors (Lipinski definition) is 3. The van der Waals surface area contributed by atoms with E-state index in [4.69, 9.17) is 5.14 Å². The molecule has 1 aliphatic carbocycles. The highest BCUT2D eigenvalue weighted by atomic mass is 32.2. The van der Waals surface area contributed by atoms with Crippen LogP contribution < -0.4 is 10.5 Å². The number of nitrogens with two attached hydrogens (primary N) is 1. The normalized spacial score (nSPS) is 25.0. The molecule has 1 saturated carbocycles. The molecule has 2 amide bonds. The Morgan fingerprint density at radius 1 is 1.38 bits per heavy atom. The Bertz CT molecular complexity index is 917. The van der Waals surface area contributed by atoms with E-state index < -0.39 is 38.4 Å². The van der Waals surface area contributed by atoms with Crippen molar-refractivity contribution in [2.75, 3.05) is 13.6 Å². The van der Waals surface area contributed by atoms with Gasteiger partial charge in [0.15, 0.2) is 0 Å². The maximum atomic E-state index is 13.4. The van der Waals surface area contributed by atoms with Gasteiger partial charge in [-0.1, -0.05) is 26.0 Å². The van der Waals surface area contributed by atoms with Crippen molar-refractivity contribution in [1.82, 2.24) is 25.2 Å². The molecule has 1 saturated heterocycles. The fourth-order valence-corrected chi connectivity index (χ4v) is 4.98. The number of carbonyl (C=O) groups excluding carboxylic acids is 2. The molecule has 0 radical (unpaired) electrons. The number of β-amino-alcohol motifs (C(OH)–C–C–N with tert-alkyl or cyclic N) is 1. The number of aromatic nitrogens is 3. The van der Waals surface area contributed by atoms with Gasteiger partial charge in [-0.05, 0) is 18.3 Å². The van der Waals surface area contributed by atoms with E-state index in [1.807, 2.05) is 20.8 Å². The predicted octanol–water partition coefficient (Wildman–Crippen LogP) is -1.15. The molecule has 2 fully saturated rings. The van der Waals surface area contributed by atoms with Gasteiger partial charge in [0.2, 0.25) is 21.8 Å². The van der Waals surface area contributed by atoms with Crippen LogP contribution in [0.25, 0.3) is 0 Å². The first-order valence-corrected chi connectivity index (χ1v) is 11.0. The summed E-state index contributed by atoms with van der Waals surface area (Å²) < 4.78 is 24.0. The molecule has 2 unspecified atom stereocenters. The Morgan fingerprint density at radius 3 is 2.48 bits per heavy atom. The summed E-state index contributed by atoms with van der Waals surface area (Å²) in [5, 5.41) is 26.0.